The number of carboxylic acid groups (broad SMARTS) is 1. The van der Waals surface area contributed by atoms with Crippen molar-refractivity contribution in [2.24, 2.45) is 5.14 Å². The Labute approximate surface area is 122 Å². The van der Waals surface area contributed by atoms with Gasteiger partial charge in [0, 0.05) is 6.54 Å². The summed E-state index contributed by atoms with van der Waals surface area (Å²) in [7, 11) is -3.56. The van der Waals surface area contributed by atoms with Crippen LogP contribution in [0.3, 0.4) is 0 Å². The molecule has 116 valence electrons. The number of para-hydroxylation sites is 1. The summed E-state index contributed by atoms with van der Waals surface area (Å²) in [6, 6.07) is 4.02. The Balaban J connectivity index is 2.61. The molecule has 1 rings (SSSR count). The van der Waals surface area contributed by atoms with Crippen LogP contribution < -0.4 is 15.8 Å². The molecule has 0 bridgehead atoms. The Morgan fingerprint density at radius 2 is 2.00 bits per heavy atom. The Morgan fingerprint density at radius 3 is 2.57 bits per heavy atom. The van der Waals surface area contributed by atoms with Crippen molar-refractivity contribution >= 4 is 27.7 Å². The van der Waals surface area contributed by atoms with Gasteiger partial charge in [0.15, 0.2) is 0 Å². The molecule has 0 heterocycles. The minimum absolute atomic E-state index is 0.0188. The number of carbonyl (C=O) groups excluding carboxylic acids is 1. The topological polar surface area (TPSA) is 139 Å². The van der Waals surface area contributed by atoms with Crippen molar-refractivity contribution in [3.63, 3.8) is 0 Å². The molecule has 0 atom stereocenters. The number of rotatable bonds is 6. The van der Waals surface area contributed by atoms with E-state index in [4.69, 9.17) is 10.2 Å². The third-order valence-electron chi connectivity index (χ3n) is 2.63. The second-order valence-corrected chi connectivity index (χ2v) is 6.14. The van der Waals surface area contributed by atoms with Crippen LogP contribution in [0.25, 0.3) is 0 Å². The van der Waals surface area contributed by atoms with Crippen LogP contribution in [0.2, 0.25) is 0 Å². The predicted molar refractivity (Wildman–Crippen MR) is 77.8 cm³/mol. The first-order valence-electron chi connectivity index (χ1n) is 6.09. The molecule has 0 aromatic heterocycles. The Hall–Kier alpha value is -2.13. The molecule has 21 heavy (non-hydrogen) atoms. The zero-order valence-corrected chi connectivity index (χ0v) is 12.2. The molecule has 0 aliphatic carbocycles. The maximum Gasteiger partial charge on any atom is 0.337 e. The van der Waals surface area contributed by atoms with E-state index >= 15 is 0 Å². The van der Waals surface area contributed by atoms with Gasteiger partial charge in [0.2, 0.25) is 10.0 Å². The number of anilines is 1. The lowest BCUT2D eigenvalue weighted by Gasteiger charge is -2.12. The minimum atomic E-state index is -3.56. The van der Waals surface area contributed by atoms with Crippen LogP contribution in [0, 0.1) is 6.92 Å². The quantitative estimate of drug-likeness (QED) is 0.566. The van der Waals surface area contributed by atoms with E-state index in [0.29, 0.717) is 5.56 Å². The summed E-state index contributed by atoms with van der Waals surface area (Å²) in [5.74, 6) is -1.39. The number of sulfonamides is 1. The summed E-state index contributed by atoms with van der Waals surface area (Å²) in [4.78, 5) is 22.7. The van der Waals surface area contributed by atoms with E-state index in [2.05, 4.69) is 10.6 Å². The first-order valence-corrected chi connectivity index (χ1v) is 7.80. The SMILES string of the molecule is Cc1cccc(C(=O)O)c1NC(=O)NCCCS(N)(=O)=O. The summed E-state index contributed by atoms with van der Waals surface area (Å²) in [6.45, 7) is 1.78. The van der Waals surface area contributed by atoms with Crippen molar-refractivity contribution in [1.29, 1.82) is 0 Å². The molecular weight excluding hydrogens is 298 g/mol. The van der Waals surface area contributed by atoms with E-state index < -0.39 is 22.0 Å². The van der Waals surface area contributed by atoms with E-state index in [0.717, 1.165) is 0 Å². The predicted octanol–water partition coefficient (Wildman–Crippen LogP) is 0.493. The summed E-state index contributed by atoms with van der Waals surface area (Å²) in [5, 5.41) is 18.8. The molecule has 5 N–H and O–H groups in total. The van der Waals surface area contributed by atoms with Gasteiger partial charge in [-0.1, -0.05) is 12.1 Å². The zero-order valence-electron chi connectivity index (χ0n) is 11.4. The van der Waals surface area contributed by atoms with Crippen molar-refractivity contribution in [3.8, 4) is 0 Å². The standard InChI is InChI=1S/C12H17N3O5S/c1-8-4-2-5-9(11(16)17)10(8)15-12(18)14-6-3-7-21(13,19)20/h2,4-5H,3,6-7H2,1H3,(H,16,17)(H2,13,19,20)(H2,14,15,18). The van der Waals surface area contributed by atoms with Gasteiger partial charge in [-0.25, -0.2) is 23.1 Å². The second-order valence-electron chi connectivity index (χ2n) is 4.40. The number of amides is 2. The maximum absolute atomic E-state index is 11.7. The fraction of sp³-hybridized carbons (Fsp3) is 0.333. The highest BCUT2D eigenvalue weighted by Crippen LogP contribution is 2.20. The van der Waals surface area contributed by atoms with Crippen molar-refractivity contribution in [1.82, 2.24) is 5.32 Å². The molecule has 1 aromatic rings. The molecule has 8 nitrogen and oxygen atoms in total. The number of hydrogen-bond donors (Lipinski definition) is 4. The smallest absolute Gasteiger partial charge is 0.337 e. The number of hydrogen-bond acceptors (Lipinski definition) is 4. The molecule has 1 aromatic carbocycles. The average molecular weight is 315 g/mol. The average Bonchev–Trinajstić information content (AvgIpc) is 2.35. The number of carboxylic acids is 1. The molecular formula is C12H17N3O5S. The van der Waals surface area contributed by atoms with Crippen LogP contribution in [0.5, 0.6) is 0 Å². The van der Waals surface area contributed by atoms with Crippen molar-refractivity contribution in [2.75, 3.05) is 17.6 Å². The molecule has 0 fully saturated rings. The summed E-state index contributed by atoms with van der Waals surface area (Å²) >= 11 is 0. The summed E-state index contributed by atoms with van der Waals surface area (Å²) in [5.41, 5.74) is 0.790. The van der Waals surface area contributed by atoms with Crippen molar-refractivity contribution in [2.45, 2.75) is 13.3 Å². The van der Waals surface area contributed by atoms with Gasteiger partial charge in [0.25, 0.3) is 0 Å². The fourth-order valence-electron chi connectivity index (χ4n) is 1.64. The number of urea groups is 1. The van der Waals surface area contributed by atoms with Gasteiger partial charge in [-0.05, 0) is 25.0 Å². The second kappa shape index (κ2) is 7.04. The molecule has 9 heteroatoms. The number of aromatic carboxylic acids is 1. The van der Waals surface area contributed by atoms with E-state index in [9.17, 15) is 18.0 Å². The number of benzene rings is 1. The van der Waals surface area contributed by atoms with E-state index in [1.165, 1.54) is 6.07 Å². The highest BCUT2D eigenvalue weighted by Gasteiger charge is 2.14. The summed E-state index contributed by atoms with van der Waals surface area (Å²) < 4.78 is 21.4. The number of carbonyl (C=O) groups is 2. The van der Waals surface area contributed by atoms with Crippen LogP contribution in [0.4, 0.5) is 10.5 Å². The highest BCUT2D eigenvalue weighted by atomic mass is 32.2. The van der Waals surface area contributed by atoms with E-state index in [-0.39, 0.29) is 30.0 Å². The van der Waals surface area contributed by atoms with Crippen LogP contribution in [0.15, 0.2) is 18.2 Å². The molecule has 0 saturated heterocycles. The fourth-order valence-corrected chi connectivity index (χ4v) is 2.19. The lowest BCUT2D eigenvalue weighted by atomic mass is 10.1. The van der Waals surface area contributed by atoms with Gasteiger partial charge >= 0.3 is 12.0 Å². The lowest BCUT2D eigenvalue weighted by Crippen LogP contribution is -2.32. The molecule has 0 radical (unpaired) electrons. The van der Waals surface area contributed by atoms with Crippen LogP contribution in [0.1, 0.15) is 22.3 Å². The van der Waals surface area contributed by atoms with E-state index in [1.54, 1.807) is 19.1 Å². The van der Waals surface area contributed by atoms with Crippen LogP contribution in [-0.2, 0) is 10.0 Å². The highest BCUT2D eigenvalue weighted by molar-refractivity contribution is 7.89. The van der Waals surface area contributed by atoms with Gasteiger partial charge in [-0.15, -0.1) is 0 Å². The van der Waals surface area contributed by atoms with Gasteiger partial charge in [0.1, 0.15) is 0 Å². The number of nitrogens with one attached hydrogen (secondary N) is 2. The lowest BCUT2D eigenvalue weighted by molar-refractivity contribution is 0.0698. The van der Waals surface area contributed by atoms with Gasteiger partial charge in [0.05, 0.1) is 17.0 Å². The molecule has 0 saturated carbocycles. The van der Waals surface area contributed by atoms with Crippen LogP contribution in [-0.4, -0.2) is 37.8 Å². The molecule has 0 aliphatic rings. The largest absolute Gasteiger partial charge is 0.478 e. The maximum atomic E-state index is 11.7. The third kappa shape index (κ3) is 5.79. The van der Waals surface area contributed by atoms with Crippen LogP contribution >= 0.6 is 0 Å². The Bertz CT molecular complexity index is 642. The number of primary sulfonamides is 1. The van der Waals surface area contributed by atoms with Gasteiger partial charge in [-0.3, -0.25) is 0 Å². The first-order chi connectivity index (χ1) is 9.70. The monoisotopic (exact) mass is 315 g/mol. The zero-order chi connectivity index (χ0) is 16.0. The number of aryl methyl sites for hydroxylation is 1. The van der Waals surface area contributed by atoms with Gasteiger partial charge < -0.3 is 15.7 Å². The summed E-state index contributed by atoms with van der Waals surface area (Å²) in [6.07, 6.45) is 0.172. The van der Waals surface area contributed by atoms with Gasteiger partial charge in [-0.2, -0.15) is 0 Å². The Kier molecular flexibility index (Phi) is 5.68. The molecule has 0 spiro atoms. The van der Waals surface area contributed by atoms with Crippen molar-refractivity contribution < 1.29 is 23.1 Å². The first kappa shape index (κ1) is 16.9. The molecule has 0 unspecified atom stereocenters. The minimum Gasteiger partial charge on any atom is -0.478 e. The molecule has 2 amide bonds. The number of nitrogens with two attached hydrogens (primary N) is 1. The normalized spacial score (nSPS) is 11.0. The molecule has 0 aliphatic heterocycles. The Morgan fingerprint density at radius 1 is 1.33 bits per heavy atom. The van der Waals surface area contributed by atoms with E-state index in [1.807, 2.05) is 0 Å². The van der Waals surface area contributed by atoms with Crippen molar-refractivity contribution in [3.05, 3.63) is 29.3 Å². The third-order valence-corrected chi connectivity index (χ3v) is 3.49.